The number of para-hydroxylation sites is 2. The molecule has 0 radical (unpaired) electrons. The SMILES string of the molecule is CC1Oc2ccccc2N(CCC(=O)n2ccccc2=NC2CCCCC2)C1=O. The number of carbonyl (C=O) groups is 2. The second-order valence-corrected chi connectivity index (χ2v) is 7.71. The molecule has 1 amide bonds. The number of anilines is 1. The van der Waals surface area contributed by atoms with Gasteiger partial charge in [0.1, 0.15) is 11.2 Å². The lowest BCUT2D eigenvalue weighted by atomic mass is 9.96. The first kappa shape index (κ1) is 19.4. The first-order chi connectivity index (χ1) is 14.1. The van der Waals surface area contributed by atoms with Crippen LogP contribution in [0.15, 0.2) is 53.7 Å². The maximum atomic E-state index is 13.0. The van der Waals surface area contributed by atoms with E-state index < -0.39 is 6.10 Å². The van der Waals surface area contributed by atoms with Crippen LogP contribution in [0.1, 0.15) is 50.2 Å². The fourth-order valence-electron chi connectivity index (χ4n) is 4.06. The fraction of sp³-hybridized carbons (Fsp3) is 0.435. The Bertz CT molecular complexity index is 960. The largest absolute Gasteiger partial charge is 0.479 e. The van der Waals surface area contributed by atoms with E-state index in [1.807, 2.05) is 42.5 Å². The van der Waals surface area contributed by atoms with Gasteiger partial charge in [0, 0.05) is 19.2 Å². The Morgan fingerprint density at radius 3 is 2.69 bits per heavy atom. The molecular weight excluding hydrogens is 366 g/mol. The van der Waals surface area contributed by atoms with Crippen molar-refractivity contribution in [2.45, 2.75) is 57.6 Å². The minimum absolute atomic E-state index is 0.0652. The third-order valence-corrected chi connectivity index (χ3v) is 5.62. The van der Waals surface area contributed by atoms with Crippen molar-refractivity contribution in [3.8, 4) is 5.75 Å². The molecule has 1 atom stereocenters. The summed E-state index contributed by atoms with van der Waals surface area (Å²) in [6, 6.07) is 13.4. The van der Waals surface area contributed by atoms with Crippen molar-refractivity contribution >= 4 is 17.5 Å². The monoisotopic (exact) mass is 393 g/mol. The van der Waals surface area contributed by atoms with Gasteiger partial charge in [0.15, 0.2) is 6.10 Å². The van der Waals surface area contributed by atoms with Crippen LogP contribution in [0.25, 0.3) is 0 Å². The smallest absolute Gasteiger partial charge is 0.267 e. The van der Waals surface area contributed by atoms with Crippen LogP contribution in [0.2, 0.25) is 0 Å². The molecule has 152 valence electrons. The topological polar surface area (TPSA) is 63.9 Å². The maximum absolute atomic E-state index is 13.0. The molecule has 29 heavy (non-hydrogen) atoms. The number of ether oxygens (including phenoxy) is 1. The third-order valence-electron chi connectivity index (χ3n) is 5.62. The molecule has 1 unspecified atom stereocenters. The Kier molecular flexibility index (Phi) is 5.79. The van der Waals surface area contributed by atoms with Gasteiger partial charge in [0.05, 0.1) is 11.7 Å². The summed E-state index contributed by atoms with van der Waals surface area (Å²) in [5.41, 5.74) is 1.42. The zero-order valence-electron chi connectivity index (χ0n) is 16.8. The number of amides is 1. The molecule has 1 aliphatic heterocycles. The number of nitrogens with zero attached hydrogens (tertiary/aromatic N) is 3. The van der Waals surface area contributed by atoms with E-state index in [4.69, 9.17) is 9.73 Å². The highest BCUT2D eigenvalue weighted by molar-refractivity contribution is 6.00. The highest BCUT2D eigenvalue weighted by Crippen LogP contribution is 2.33. The molecule has 2 aliphatic rings. The first-order valence-electron chi connectivity index (χ1n) is 10.5. The number of fused-ring (bicyclic) bond motifs is 1. The molecule has 1 aromatic heterocycles. The van der Waals surface area contributed by atoms with Gasteiger partial charge in [-0.15, -0.1) is 0 Å². The van der Waals surface area contributed by atoms with E-state index >= 15 is 0 Å². The molecule has 1 aliphatic carbocycles. The highest BCUT2D eigenvalue weighted by atomic mass is 16.5. The number of carbonyl (C=O) groups excluding carboxylic acids is 2. The predicted octanol–water partition coefficient (Wildman–Crippen LogP) is 3.57. The van der Waals surface area contributed by atoms with Gasteiger partial charge in [-0.05, 0) is 44.0 Å². The lowest BCUT2D eigenvalue weighted by Gasteiger charge is -2.32. The summed E-state index contributed by atoms with van der Waals surface area (Å²) >= 11 is 0. The third kappa shape index (κ3) is 4.26. The summed E-state index contributed by atoms with van der Waals surface area (Å²) in [6.45, 7) is 2.05. The van der Waals surface area contributed by atoms with Crippen molar-refractivity contribution < 1.29 is 14.3 Å². The van der Waals surface area contributed by atoms with Crippen molar-refractivity contribution in [3.63, 3.8) is 0 Å². The molecule has 4 rings (SSSR count). The van der Waals surface area contributed by atoms with Gasteiger partial charge in [-0.3, -0.25) is 19.1 Å². The van der Waals surface area contributed by atoms with Gasteiger partial charge in [-0.1, -0.05) is 37.5 Å². The summed E-state index contributed by atoms with van der Waals surface area (Å²) in [4.78, 5) is 32.1. The zero-order valence-corrected chi connectivity index (χ0v) is 16.8. The highest BCUT2D eigenvalue weighted by Gasteiger charge is 2.31. The normalized spacial score (nSPS) is 20.3. The number of pyridine rings is 1. The number of hydrogen-bond acceptors (Lipinski definition) is 4. The molecule has 0 bridgehead atoms. The minimum atomic E-state index is -0.554. The Hall–Kier alpha value is -2.89. The molecule has 6 heteroatoms. The standard InChI is InChI=1S/C23H27N3O3/c1-17-23(28)25(19-11-5-6-12-20(19)29-17)16-14-22(27)26-15-8-7-13-21(26)24-18-9-3-2-4-10-18/h5-8,11-13,15,17-18H,2-4,9-10,14,16H2,1H3. The molecule has 1 aromatic carbocycles. The summed E-state index contributed by atoms with van der Waals surface area (Å²) in [6.07, 6.45) is 7.27. The van der Waals surface area contributed by atoms with Crippen molar-refractivity contribution in [3.05, 3.63) is 54.1 Å². The van der Waals surface area contributed by atoms with Crippen LogP contribution in [0.4, 0.5) is 5.69 Å². The van der Waals surface area contributed by atoms with E-state index in [9.17, 15) is 9.59 Å². The molecule has 0 saturated heterocycles. The van der Waals surface area contributed by atoms with Gasteiger partial charge >= 0.3 is 0 Å². The number of benzene rings is 1. The van der Waals surface area contributed by atoms with Gasteiger partial charge in [0.25, 0.3) is 5.91 Å². The summed E-state index contributed by atoms with van der Waals surface area (Å²) in [5.74, 6) is 0.485. The molecule has 6 nitrogen and oxygen atoms in total. The van der Waals surface area contributed by atoms with Crippen molar-refractivity contribution in [1.82, 2.24) is 4.57 Å². The van der Waals surface area contributed by atoms with Crippen LogP contribution in [-0.2, 0) is 4.79 Å². The minimum Gasteiger partial charge on any atom is -0.479 e. The Labute approximate surface area is 170 Å². The number of aromatic nitrogens is 1. The maximum Gasteiger partial charge on any atom is 0.267 e. The summed E-state index contributed by atoms with van der Waals surface area (Å²) < 4.78 is 7.29. The van der Waals surface area contributed by atoms with Gasteiger partial charge in [-0.2, -0.15) is 0 Å². The van der Waals surface area contributed by atoms with Crippen LogP contribution < -0.4 is 15.1 Å². The molecule has 0 spiro atoms. The lowest BCUT2D eigenvalue weighted by Crippen LogP contribution is -2.45. The van der Waals surface area contributed by atoms with Crippen molar-refractivity contribution in [2.75, 3.05) is 11.4 Å². The summed E-state index contributed by atoms with van der Waals surface area (Å²) in [7, 11) is 0. The van der Waals surface area contributed by atoms with Crippen LogP contribution >= 0.6 is 0 Å². The molecule has 2 heterocycles. The molecule has 1 fully saturated rings. The first-order valence-corrected chi connectivity index (χ1v) is 10.5. The molecular formula is C23H27N3O3. The molecule has 2 aromatic rings. The van der Waals surface area contributed by atoms with Gasteiger partial charge in [-0.25, -0.2) is 0 Å². The number of hydrogen-bond donors (Lipinski definition) is 0. The Balaban J connectivity index is 1.52. The van der Waals surface area contributed by atoms with Crippen molar-refractivity contribution in [1.29, 1.82) is 0 Å². The summed E-state index contributed by atoms with van der Waals surface area (Å²) in [5, 5.41) is 0. The van der Waals surface area contributed by atoms with E-state index in [1.165, 1.54) is 19.3 Å². The van der Waals surface area contributed by atoms with E-state index in [2.05, 4.69) is 0 Å². The van der Waals surface area contributed by atoms with Crippen molar-refractivity contribution in [2.24, 2.45) is 4.99 Å². The van der Waals surface area contributed by atoms with Crippen LogP contribution in [0.3, 0.4) is 0 Å². The van der Waals surface area contributed by atoms with Gasteiger partial charge in [0.2, 0.25) is 5.91 Å². The van der Waals surface area contributed by atoms with Crippen LogP contribution in [0, 0.1) is 0 Å². The van der Waals surface area contributed by atoms with E-state index in [-0.39, 0.29) is 18.2 Å². The zero-order chi connectivity index (χ0) is 20.2. The molecule has 1 saturated carbocycles. The van der Waals surface area contributed by atoms with Gasteiger partial charge < -0.3 is 9.64 Å². The Morgan fingerprint density at radius 2 is 1.86 bits per heavy atom. The fourth-order valence-corrected chi connectivity index (χ4v) is 4.06. The average Bonchev–Trinajstić information content (AvgIpc) is 2.75. The second-order valence-electron chi connectivity index (χ2n) is 7.71. The lowest BCUT2D eigenvalue weighted by molar-refractivity contribution is -0.125. The predicted molar refractivity (Wildman–Crippen MR) is 111 cm³/mol. The average molecular weight is 393 g/mol. The van der Waals surface area contributed by atoms with Crippen LogP contribution in [0.5, 0.6) is 5.75 Å². The van der Waals surface area contributed by atoms with E-state index in [1.54, 1.807) is 22.6 Å². The quantitative estimate of drug-likeness (QED) is 0.798. The second kappa shape index (κ2) is 8.64. The Morgan fingerprint density at radius 1 is 1.10 bits per heavy atom. The van der Waals surface area contributed by atoms with E-state index in [0.29, 0.717) is 29.5 Å². The van der Waals surface area contributed by atoms with Crippen LogP contribution in [-0.4, -0.2) is 35.1 Å². The van der Waals surface area contributed by atoms with E-state index in [0.717, 1.165) is 12.8 Å². The number of rotatable bonds is 4. The molecule has 0 N–H and O–H groups in total.